The van der Waals surface area contributed by atoms with Crippen molar-refractivity contribution in [3.05, 3.63) is 18.5 Å². The summed E-state index contributed by atoms with van der Waals surface area (Å²) in [5, 5.41) is 12.3. The lowest BCUT2D eigenvalue weighted by Gasteiger charge is -2.38. The molecule has 7 nitrogen and oxygen atoms in total. The van der Waals surface area contributed by atoms with Crippen LogP contribution in [-0.2, 0) is 4.74 Å². The Balaban J connectivity index is 1.59. The molecule has 0 amide bonds. The standard InChI is InChI=1S/C14H22N6O/c1-14(2)10-19(8-9-21-14)7-6-18(3)13-5-4-12-16-15-11-20(12)17-13/h4-5,11H,6-10H2,1-3H3. The second-order valence-corrected chi connectivity index (χ2v) is 6.13. The number of nitrogens with zero attached hydrogens (tertiary/aromatic N) is 6. The summed E-state index contributed by atoms with van der Waals surface area (Å²) in [5.41, 5.74) is 0.721. The topological polar surface area (TPSA) is 58.8 Å². The fraction of sp³-hybridized carbons (Fsp3) is 0.643. The molecular weight excluding hydrogens is 268 g/mol. The van der Waals surface area contributed by atoms with Crippen LogP contribution in [-0.4, -0.2) is 70.1 Å². The van der Waals surface area contributed by atoms with Crippen molar-refractivity contribution in [3.63, 3.8) is 0 Å². The Morgan fingerprint density at radius 3 is 3.05 bits per heavy atom. The van der Waals surface area contributed by atoms with E-state index in [0.717, 1.165) is 44.3 Å². The number of anilines is 1. The van der Waals surface area contributed by atoms with Gasteiger partial charge in [-0.25, -0.2) is 0 Å². The molecule has 1 fully saturated rings. The predicted molar refractivity (Wildman–Crippen MR) is 80.5 cm³/mol. The number of hydrogen-bond donors (Lipinski definition) is 0. The third-order valence-corrected chi connectivity index (χ3v) is 3.80. The van der Waals surface area contributed by atoms with E-state index in [1.807, 2.05) is 12.1 Å². The van der Waals surface area contributed by atoms with Gasteiger partial charge < -0.3 is 9.64 Å². The van der Waals surface area contributed by atoms with Gasteiger partial charge in [-0.05, 0) is 26.0 Å². The minimum absolute atomic E-state index is 0.0452. The Morgan fingerprint density at radius 2 is 2.24 bits per heavy atom. The van der Waals surface area contributed by atoms with Gasteiger partial charge in [0, 0.05) is 33.2 Å². The Hall–Kier alpha value is -1.73. The first-order valence-electron chi connectivity index (χ1n) is 7.28. The number of hydrogen-bond acceptors (Lipinski definition) is 6. The summed E-state index contributed by atoms with van der Waals surface area (Å²) in [4.78, 5) is 4.60. The van der Waals surface area contributed by atoms with Crippen molar-refractivity contribution in [3.8, 4) is 0 Å². The third-order valence-electron chi connectivity index (χ3n) is 3.80. The van der Waals surface area contributed by atoms with E-state index in [9.17, 15) is 0 Å². The molecule has 0 aliphatic carbocycles. The first-order chi connectivity index (χ1) is 10.0. The van der Waals surface area contributed by atoms with Crippen LogP contribution >= 0.6 is 0 Å². The van der Waals surface area contributed by atoms with E-state index in [4.69, 9.17) is 4.74 Å². The number of morpholine rings is 1. The van der Waals surface area contributed by atoms with Crippen LogP contribution in [0.4, 0.5) is 5.82 Å². The lowest BCUT2D eigenvalue weighted by Crippen LogP contribution is -2.50. The van der Waals surface area contributed by atoms with E-state index in [1.54, 1.807) is 10.8 Å². The molecule has 0 N–H and O–H groups in total. The van der Waals surface area contributed by atoms with E-state index in [-0.39, 0.29) is 5.60 Å². The van der Waals surface area contributed by atoms with Gasteiger partial charge in [0.15, 0.2) is 5.65 Å². The zero-order valence-corrected chi connectivity index (χ0v) is 12.9. The molecule has 0 radical (unpaired) electrons. The van der Waals surface area contributed by atoms with Crippen molar-refractivity contribution >= 4 is 11.5 Å². The zero-order valence-electron chi connectivity index (χ0n) is 12.9. The molecule has 1 aliphatic heterocycles. The highest BCUT2D eigenvalue weighted by atomic mass is 16.5. The Bertz CT molecular complexity index is 610. The van der Waals surface area contributed by atoms with Gasteiger partial charge in [0.05, 0.1) is 12.2 Å². The Morgan fingerprint density at radius 1 is 1.38 bits per heavy atom. The number of rotatable bonds is 4. The van der Waals surface area contributed by atoms with Gasteiger partial charge in [-0.2, -0.15) is 4.52 Å². The molecule has 2 aromatic heterocycles. The van der Waals surface area contributed by atoms with Gasteiger partial charge in [0.25, 0.3) is 0 Å². The van der Waals surface area contributed by atoms with Gasteiger partial charge in [-0.3, -0.25) is 4.90 Å². The van der Waals surface area contributed by atoms with E-state index in [2.05, 4.69) is 46.0 Å². The van der Waals surface area contributed by atoms with Crippen LogP contribution in [0.2, 0.25) is 0 Å². The van der Waals surface area contributed by atoms with E-state index >= 15 is 0 Å². The van der Waals surface area contributed by atoms with Crippen molar-refractivity contribution < 1.29 is 4.74 Å². The molecular formula is C14H22N6O. The highest BCUT2D eigenvalue weighted by Crippen LogP contribution is 2.16. The first kappa shape index (κ1) is 14.2. The minimum atomic E-state index is -0.0452. The number of aromatic nitrogens is 4. The maximum atomic E-state index is 5.74. The SMILES string of the molecule is CN(CCN1CCOC(C)(C)C1)c1ccc2nncn2n1. The van der Waals surface area contributed by atoms with Gasteiger partial charge in [0.2, 0.25) is 0 Å². The average Bonchev–Trinajstić information content (AvgIpc) is 2.91. The molecule has 0 aromatic carbocycles. The van der Waals surface area contributed by atoms with E-state index in [1.165, 1.54) is 0 Å². The van der Waals surface area contributed by atoms with Crippen molar-refractivity contribution in [1.82, 2.24) is 24.7 Å². The fourth-order valence-corrected chi connectivity index (χ4v) is 2.63. The van der Waals surface area contributed by atoms with Crippen molar-refractivity contribution in [2.45, 2.75) is 19.4 Å². The van der Waals surface area contributed by atoms with Crippen molar-refractivity contribution in [2.75, 3.05) is 44.7 Å². The molecule has 114 valence electrons. The maximum Gasteiger partial charge on any atom is 0.177 e. The number of fused-ring (bicyclic) bond motifs is 1. The molecule has 0 spiro atoms. The lowest BCUT2D eigenvalue weighted by molar-refractivity contribution is -0.0850. The highest BCUT2D eigenvalue weighted by Gasteiger charge is 2.26. The molecule has 0 bridgehead atoms. The summed E-state index contributed by atoms with van der Waals surface area (Å²) >= 11 is 0. The summed E-state index contributed by atoms with van der Waals surface area (Å²) in [6, 6.07) is 3.91. The summed E-state index contributed by atoms with van der Waals surface area (Å²) in [7, 11) is 2.06. The minimum Gasteiger partial charge on any atom is -0.373 e. The number of likely N-dealkylation sites (N-methyl/N-ethyl adjacent to an activating group) is 1. The predicted octanol–water partition coefficient (Wildman–Crippen LogP) is 0.671. The molecule has 21 heavy (non-hydrogen) atoms. The zero-order chi connectivity index (χ0) is 14.9. The summed E-state index contributed by atoms with van der Waals surface area (Å²) in [6.07, 6.45) is 1.62. The average molecular weight is 290 g/mol. The first-order valence-corrected chi connectivity index (χ1v) is 7.28. The van der Waals surface area contributed by atoms with E-state index in [0.29, 0.717) is 0 Å². The van der Waals surface area contributed by atoms with Crippen LogP contribution in [0.25, 0.3) is 5.65 Å². The van der Waals surface area contributed by atoms with Crippen LogP contribution in [0.3, 0.4) is 0 Å². The van der Waals surface area contributed by atoms with Crippen LogP contribution in [0.5, 0.6) is 0 Å². The molecule has 1 aliphatic rings. The van der Waals surface area contributed by atoms with Crippen LogP contribution in [0.15, 0.2) is 18.5 Å². The summed E-state index contributed by atoms with van der Waals surface area (Å²) in [5.74, 6) is 0.926. The quantitative estimate of drug-likeness (QED) is 0.825. The largest absolute Gasteiger partial charge is 0.373 e. The second-order valence-electron chi connectivity index (χ2n) is 6.13. The molecule has 7 heteroatoms. The monoisotopic (exact) mass is 290 g/mol. The molecule has 2 aromatic rings. The molecule has 3 rings (SSSR count). The summed E-state index contributed by atoms with van der Waals surface area (Å²) in [6.45, 7) is 8.99. The molecule has 0 saturated carbocycles. The fourth-order valence-electron chi connectivity index (χ4n) is 2.63. The molecule has 0 unspecified atom stereocenters. The Kier molecular flexibility index (Phi) is 3.77. The molecule has 3 heterocycles. The van der Waals surface area contributed by atoms with Crippen molar-refractivity contribution in [1.29, 1.82) is 0 Å². The van der Waals surface area contributed by atoms with Crippen molar-refractivity contribution in [2.24, 2.45) is 0 Å². The van der Waals surface area contributed by atoms with E-state index < -0.39 is 0 Å². The molecule has 1 saturated heterocycles. The van der Waals surface area contributed by atoms with Crippen LogP contribution in [0, 0.1) is 0 Å². The normalized spacial score (nSPS) is 19.0. The van der Waals surface area contributed by atoms with Gasteiger partial charge in [-0.15, -0.1) is 15.3 Å². The molecule has 0 atom stereocenters. The van der Waals surface area contributed by atoms with Crippen LogP contribution in [0.1, 0.15) is 13.8 Å². The maximum absolute atomic E-state index is 5.74. The Labute approximate surface area is 124 Å². The lowest BCUT2D eigenvalue weighted by atomic mass is 10.1. The highest BCUT2D eigenvalue weighted by molar-refractivity contribution is 5.44. The summed E-state index contributed by atoms with van der Waals surface area (Å²) < 4.78 is 7.44. The second kappa shape index (κ2) is 5.57. The number of ether oxygens (including phenoxy) is 1. The smallest absolute Gasteiger partial charge is 0.177 e. The van der Waals surface area contributed by atoms with Gasteiger partial charge in [0.1, 0.15) is 12.1 Å². The third kappa shape index (κ3) is 3.30. The van der Waals surface area contributed by atoms with Gasteiger partial charge >= 0.3 is 0 Å². The van der Waals surface area contributed by atoms with Gasteiger partial charge in [-0.1, -0.05) is 0 Å². The van der Waals surface area contributed by atoms with Crippen LogP contribution < -0.4 is 4.90 Å².